The topological polar surface area (TPSA) is 50.8 Å². The summed E-state index contributed by atoms with van der Waals surface area (Å²) in [6.45, 7) is 1.31. The van der Waals surface area contributed by atoms with Crippen molar-refractivity contribution in [3.8, 4) is 10.7 Å². The third kappa shape index (κ3) is 1.68. The molecular formula is C10H9N3OS2. The maximum atomic E-state index is 5.37. The average molecular weight is 251 g/mol. The molecule has 0 bridgehead atoms. The second-order valence-corrected chi connectivity index (χ2v) is 4.79. The second-order valence-electron chi connectivity index (χ2n) is 3.52. The molecule has 0 fully saturated rings. The van der Waals surface area contributed by atoms with Crippen LogP contribution in [-0.4, -0.2) is 21.6 Å². The Labute approximate surface area is 101 Å². The molecule has 16 heavy (non-hydrogen) atoms. The van der Waals surface area contributed by atoms with Crippen molar-refractivity contribution < 1.29 is 4.74 Å². The zero-order valence-corrected chi connectivity index (χ0v) is 10.0. The van der Waals surface area contributed by atoms with Crippen LogP contribution in [-0.2, 0) is 17.8 Å². The Hall–Kier alpha value is -1.11. The Morgan fingerprint density at radius 1 is 1.50 bits per heavy atom. The normalized spacial score (nSPS) is 14.8. The molecule has 4 nitrogen and oxygen atoms in total. The number of thiazole rings is 1. The molecule has 1 N–H and O–H groups in total. The Morgan fingerprint density at radius 2 is 2.44 bits per heavy atom. The van der Waals surface area contributed by atoms with Crippen molar-refractivity contribution in [3.05, 3.63) is 27.6 Å². The van der Waals surface area contributed by atoms with Crippen LogP contribution in [0, 0.1) is 4.64 Å². The van der Waals surface area contributed by atoms with Gasteiger partial charge in [-0.2, -0.15) is 0 Å². The molecule has 0 aromatic carbocycles. The largest absolute Gasteiger partial charge is 0.376 e. The van der Waals surface area contributed by atoms with Crippen LogP contribution in [0.3, 0.4) is 0 Å². The molecule has 82 valence electrons. The lowest BCUT2D eigenvalue weighted by molar-refractivity contribution is 0.108. The highest BCUT2D eigenvalue weighted by molar-refractivity contribution is 7.71. The van der Waals surface area contributed by atoms with E-state index in [1.165, 1.54) is 0 Å². The summed E-state index contributed by atoms with van der Waals surface area (Å²) in [7, 11) is 0. The van der Waals surface area contributed by atoms with Crippen LogP contribution in [0.1, 0.15) is 11.3 Å². The Balaban J connectivity index is 2.16. The van der Waals surface area contributed by atoms with Crippen LogP contribution in [0.15, 0.2) is 11.7 Å². The number of nitrogens with zero attached hydrogens (tertiary/aromatic N) is 2. The summed E-state index contributed by atoms with van der Waals surface area (Å²) in [5, 5.41) is 0. The quantitative estimate of drug-likeness (QED) is 0.790. The average Bonchev–Trinajstić information content (AvgIpc) is 2.82. The monoisotopic (exact) mass is 251 g/mol. The first-order valence-corrected chi connectivity index (χ1v) is 6.22. The lowest BCUT2D eigenvalue weighted by atomic mass is 10.1. The van der Waals surface area contributed by atoms with Gasteiger partial charge >= 0.3 is 0 Å². The van der Waals surface area contributed by atoms with Gasteiger partial charge in [-0.05, 0) is 0 Å². The lowest BCUT2D eigenvalue weighted by Crippen LogP contribution is -2.13. The van der Waals surface area contributed by atoms with Gasteiger partial charge in [0, 0.05) is 23.9 Å². The number of ether oxygens (including phenoxy) is 1. The Kier molecular flexibility index (Phi) is 2.55. The van der Waals surface area contributed by atoms with Crippen LogP contribution in [0.2, 0.25) is 0 Å². The number of fused-ring (bicyclic) bond motifs is 1. The zero-order chi connectivity index (χ0) is 11.0. The molecule has 6 heteroatoms. The number of H-pyrrole nitrogens is 1. The van der Waals surface area contributed by atoms with Gasteiger partial charge in [-0.15, -0.1) is 11.3 Å². The van der Waals surface area contributed by atoms with Gasteiger partial charge in [-0.25, -0.2) is 4.98 Å². The summed E-state index contributed by atoms with van der Waals surface area (Å²) in [5.41, 5.74) is 3.96. The van der Waals surface area contributed by atoms with E-state index in [4.69, 9.17) is 17.0 Å². The first kappa shape index (κ1) is 10.1. The molecule has 1 aliphatic heterocycles. The molecule has 2 aromatic rings. The molecular weight excluding hydrogens is 242 g/mol. The van der Waals surface area contributed by atoms with Gasteiger partial charge in [-0.3, -0.25) is 4.98 Å². The van der Waals surface area contributed by atoms with Gasteiger partial charge in [0.05, 0.1) is 23.6 Å². The van der Waals surface area contributed by atoms with Crippen LogP contribution in [0.25, 0.3) is 10.7 Å². The van der Waals surface area contributed by atoms with E-state index in [9.17, 15) is 0 Å². The number of aromatic nitrogens is 3. The highest BCUT2D eigenvalue weighted by Crippen LogP contribution is 2.23. The molecule has 0 amide bonds. The SMILES string of the molecule is S=c1nc(-c2cncs2)[nH]c2c1COCC2. The standard InChI is InChI=1S/C10H9N3OS2/c15-10-6-4-14-2-1-7(6)12-9(13-10)8-3-11-5-16-8/h3,5H,1-2,4H2,(H,12,13,15). The minimum Gasteiger partial charge on any atom is -0.376 e. The van der Waals surface area contributed by atoms with Crippen LogP contribution >= 0.6 is 23.6 Å². The smallest absolute Gasteiger partial charge is 0.150 e. The predicted octanol–water partition coefficient (Wildman–Crippen LogP) is 2.34. The van der Waals surface area contributed by atoms with E-state index in [0.717, 1.165) is 35.0 Å². The summed E-state index contributed by atoms with van der Waals surface area (Å²) in [6, 6.07) is 0. The van der Waals surface area contributed by atoms with E-state index in [1.54, 1.807) is 23.0 Å². The summed E-state index contributed by atoms with van der Waals surface area (Å²) in [6.07, 6.45) is 2.66. The number of aromatic amines is 1. The van der Waals surface area contributed by atoms with Crippen LogP contribution < -0.4 is 0 Å². The molecule has 0 atom stereocenters. The number of hydrogen-bond acceptors (Lipinski definition) is 5. The molecule has 3 heterocycles. The molecule has 3 rings (SSSR count). The van der Waals surface area contributed by atoms with Gasteiger partial charge in [0.1, 0.15) is 4.64 Å². The van der Waals surface area contributed by atoms with E-state index in [0.29, 0.717) is 11.2 Å². The maximum Gasteiger partial charge on any atom is 0.150 e. The van der Waals surface area contributed by atoms with Crippen molar-refractivity contribution in [2.24, 2.45) is 0 Å². The molecule has 0 unspecified atom stereocenters. The molecule has 0 radical (unpaired) electrons. The molecule has 2 aromatic heterocycles. The van der Waals surface area contributed by atoms with Crippen molar-refractivity contribution in [3.63, 3.8) is 0 Å². The predicted molar refractivity (Wildman–Crippen MR) is 63.9 cm³/mol. The first-order valence-electron chi connectivity index (χ1n) is 4.93. The fraction of sp³-hybridized carbons (Fsp3) is 0.300. The molecule has 0 spiro atoms. The van der Waals surface area contributed by atoms with E-state index < -0.39 is 0 Å². The maximum absolute atomic E-state index is 5.37. The highest BCUT2D eigenvalue weighted by atomic mass is 32.1. The number of nitrogens with one attached hydrogen (secondary N) is 1. The van der Waals surface area contributed by atoms with Gasteiger partial charge < -0.3 is 9.72 Å². The zero-order valence-electron chi connectivity index (χ0n) is 8.40. The van der Waals surface area contributed by atoms with E-state index >= 15 is 0 Å². The number of hydrogen-bond donors (Lipinski definition) is 1. The van der Waals surface area contributed by atoms with Crippen molar-refractivity contribution in [1.29, 1.82) is 0 Å². The molecule has 0 saturated heterocycles. The first-order chi connectivity index (χ1) is 7.84. The summed E-state index contributed by atoms with van der Waals surface area (Å²) in [5.74, 6) is 0.813. The van der Waals surface area contributed by atoms with Crippen molar-refractivity contribution >= 4 is 23.6 Å². The summed E-state index contributed by atoms with van der Waals surface area (Å²) in [4.78, 5) is 12.8. The second kappa shape index (κ2) is 4.04. The fourth-order valence-electron chi connectivity index (χ4n) is 1.70. The van der Waals surface area contributed by atoms with Gasteiger partial charge in [-0.1, -0.05) is 12.2 Å². The highest BCUT2D eigenvalue weighted by Gasteiger charge is 2.14. The van der Waals surface area contributed by atoms with Crippen molar-refractivity contribution in [2.45, 2.75) is 13.0 Å². The summed E-state index contributed by atoms with van der Waals surface area (Å²) < 4.78 is 6.01. The Morgan fingerprint density at radius 3 is 3.25 bits per heavy atom. The molecule has 0 aliphatic carbocycles. The van der Waals surface area contributed by atoms with E-state index in [-0.39, 0.29) is 0 Å². The third-order valence-electron chi connectivity index (χ3n) is 2.51. The summed E-state index contributed by atoms with van der Waals surface area (Å²) >= 11 is 6.83. The van der Waals surface area contributed by atoms with E-state index in [2.05, 4.69) is 15.0 Å². The van der Waals surface area contributed by atoms with E-state index in [1.807, 2.05) is 0 Å². The van der Waals surface area contributed by atoms with Gasteiger partial charge in [0.15, 0.2) is 5.82 Å². The van der Waals surface area contributed by atoms with Crippen LogP contribution in [0.4, 0.5) is 0 Å². The number of rotatable bonds is 1. The third-order valence-corrected chi connectivity index (χ3v) is 3.63. The van der Waals surface area contributed by atoms with Gasteiger partial charge in [0.25, 0.3) is 0 Å². The Bertz CT molecular complexity index is 562. The minimum absolute atomic E-state index is 0.570. The van der Waals surface area contributed by atoms with Gasteiger partial charge in [0.2, 0.25) is 0 Å². The fourth-order valence-corrected chi connectivity index (χ4v) is 2.54. The van der Waals surface area contributed by atoms with Crippen LogP contribution in [0.5, 0.6) is 0 Å². The molecule has 0 saturated carbocycles. The van der Waals surface area contributed by atoms with Crippen molar-refractivity contribution in [1.82, 2.24) is 15.0 Å². The van der Waals surface area contributed by atoms with Crippen molar-refractivity contribution in [2.75, 3.05) is 6.61 Å². The molecule has 1 aliphatic rings. The minimum atomic E-state index is 0.570. The lowest BCUT2D eigenvalue weighted by Gasteiger charge is -2.16.